The Kier molecular flexibility index (Phi) is 8.57. The number of para-hydroxylation sites is 1. The van der Waals surface area contributed by atoms with Crippen LogP contribution < -0.4 is 4.72 Å². The number of nitrogens with zero attached hydrogens (tertiary/aromatic N) is 2. The van der Waals surface area contributed by atoms with Crippen molar-refractivity contribution in [3.63, 3.8) is 0 Å². The molecular formula is C26H24BrClF3N3O5S. The summed E-state index contributed by atoms with van der Waals surface area (Å²) in [5, 5.41) is 0.621. The third-order valence-corrected chi connectivity index (χ3v) is 7.97. The molecule has 0 saturated heterocycles. The average molecular weight is 663 g/mol. The van der Waals surface area contributed by atoms with Crippen molar-refractivity contribution in [2.24, 2.45) is 5.92 Å². The van der Waals surface area contributed by atoms with E-state index < -0.39 is 21.5 Å². The number of hydrogen-bond donors (Lipinski definition) is 1. The van der Waals surface area contributed by atoms with Gasteiger partial charge in [0.2, 0.25) is 0 Å². The highest BCUT2D eigenvalue weighted by atomic mass is 79.9. The van der Waals surface area contributed by atoms with E-state index in [9.17, 15) is 26.4 Å². The first-order valence-electron chi connectivity index (χ1n) is 12.0. The van der Waals surface area contributed by atoms with Crippen LogP contribution in [-0.4, -0.2) is 36.1 Å². The second-order valence-electron chi connectivity index (χ2n) is 9.24. The maximum Gasteiger partial charge on any atom is 0.516 e. The highest BCUT2D eigenvalue weighted by Gasteiger charge is 2.46. The van der Waals surface area contributed by atoms with E-state index in [0.717, 1.165) is 5.56 Å². The van der Waals surface area contributed by atoms with E-state index in [2.05, 4.69) is 20.9 Å². The summed E-state index contributed by atoms with van der Waals surface area (Å²) in [5.74, 6) is 0.378. The Balaban J connectivity index is 1.77. The number of hydrogen-bond acceptors (Lipinski definition) is 6. The first-order valence-corrected chi connectivity index (χ1v) is 14.7. The highest BCUT2D eigenvalue weighted by molar-refractivity contribution is 9.10. The van der Waals surface area contributed by atoms with Crippen LogP contribution in [0.5, 0.6) is 0 Å². The second-order valence-corrected chi connectivity index (χ2v) is 12.1. The molecule has 2 aromatic carbocycles. The molecule has 0 atom stereocenters. The summed E-state index contributed by atoms with van der Waals surface area (Å²) in [6.45, 7) is 6.10. The SMILES string of the molecule is CCOC(=O)c1c(Cl)nc(CC(C)C)n1Cc1ccc2oc(-c3ccccc3NS(=O)(=O)C(F)(F)F)c(Br)c2c1. The van der Waals surface area contributed by atoms with E-state index in [1.807, 2.05) is 13.8 Å². The molecule has 14 heteroatoms. The van der Waals surface area contributed by atoms with Crippen molar-refractivity contribution in [1.29, 1.82) is 0 Å². The smallest absolute Gasteiger partial charge is 0.461 e. The van der Waals surface area contributed by atoms with E-state index >= 15 is 0 Å². The minimum Gasteiger partial charge on any atom is -0.461 e. The lowest BCUT2D eigenvalue weighted by molar-refractivity contribution is -0.0429. The van der Waals surface area contributed by atoms with Crippen molar-refractivity contribution in [2.45, 2.75) is 39.2 Å². The van der Waals surface area contributed by atoms with Crippen LogP contribution in [0.15, 0.2) is 51.4 Å². The topological polar surface area (TPSA) is 103 Å². The summed E-state index contributed by atoms with van der Waals surface area (Å²) in [6, 6.07) is 10.8. The molecule has 8 nitrogen and oxygen atoms in total. The van der Waals surface area contributed by atoms with Crippen molar-refractivity contribution in [1.82, 2.24) is 9.55 Å². The molecule has 0 fully saturated rings. The fourth-order valence-corrected chi connectivity index (χ4v) is 5.56. The zero-order valence-corrected chi connectivity index (χ0v) is 24.6. The van der Waals surface area contributed by atoms with Crippen LogP contribution in [0, 0.1) is 5.92 Å². The first-order chi connectivity index (χ1) is 18.7. The minimum absolute atomic E-state index is 0.0415. The van der Waals surface area contributed by atoms with E-state index in [0.29, 0.717) is 27.7 Å². The minimum atomic E-state index is -5.66. The van der Waals surface area contributed by atoms with E-state index in [-0.39, 0.29) is 46.9 Å². The van der Waals surface area contributed by atoms with Gasteiger partial charge < -0.3 is 13.7 Å². The van der Waals surface area contributed by atoms with Gasteiger partial charge in [0.15, 0.2) is 16.6 Å². The Morgan fingerprint density at radius 1 is 1.23 bits per heavy atom. The Bertz CT molecular complexity index is 1680. The van der Waals surface area contributed by atoms with Gasteiger partial charge in [-0.3, -0.25) is 4.72 Å². The molecule has 0 saturated carbocycles. The number of ether oxygens (including phenoxy) is 1. The first kappa shape index (κ1) is 29.9. The fraction of sp³-hybridized carbons (Fsp3) is 0.308. The van der Waals surface area contributed by atoms with Crippen molar-refractivity contribution >= 4 is 60.2 Å². The standard InChI is InChI=1S/C26H24BrClF3N3O5S/c1-4-38-25(35)22-24(28)32-20(11-14(2)3)34(22)13-15-9-10-19-17(12-15)21(27)23(39-19)16-7-5-6-8-18(16)33-40(36,37)26(29,30)31/h5-10,12,14,33H,4,11,13H2,1-3H3. The second kappa shape index (κ2) is 11.5. The molecule has 0 amide bonds. The van der Waals surface area contributed by atoms with Crippen molar-refractivity contribution in [3.8, 4) is 11.3 Å². The average Bonchev–Trinajstić information content (AvgIpc) is 3.34. The molecule has 2 aromatic heterocycles. The number of carbonyl (C=O) groups is 1. The van der Waals surface area contributed by atoms with Gasteiger partial charge in [-0.05, 0) is 58.6 Å². The monoisotopic (exact) mass is 661 g/mol. The van der Waals surface area contributed by atoms with Crippen LogP contribution in [0.2, 0.25) is 5.15 Å². The summed E-state index contributed by atoms with van der Waals surface area (Å²) in [5.41, 5.74) is -4.41. The van der Waals surface area contributed by atoms with Crippen LogP contribution >= 0.6 is 27.5 Å². The molecule has 40 heavy (non-hydrogen) atoms. The number of alkyl halides is 3. The molecule has 214 valence electrons. The van der Waals surface area contributed by atoms with Gasteiger partial charge in [0.25, 0.3) is 0 Å². The molecule has 0 aliphatic heterocycles. The number of imidazole rings is 1. The van der Waals surface area contributed by atoms with Gasteiger partial charge in [-0.15, -0.1) is 0 Å². The van der Waals surface area contributed by atoms with Gasteiger partial charge in [0, 0.05) is 23.9 Å². The molecular weight excluding hydrogens is 639 g/mol. The summed E-state index contributed by atoms with van der Waals surface area (Å²) in [7, 11) is -5.66. The number of sulfonamides is 1. The molecule has 0 spiro atoms. The summed E-state index contributed by atoms with van der Waals surface area (Å²) in [6.07, 6.45) is 0.561. The number of esters is 1. The van der Waals surface area contributed by atoms with Crippen molar-refractivity contribution < 1.29 is 35.5 Å². The van der Waals surface area contributed by atoms with Crippen molar-refractivity contribution in [2.75, 3.05) is 11.3 Å². The van der Waals surface area contributed by atoms with Gasteiger partial charge in [0.1, 0.15) is 11.4 Å². The molecule has 0 aliphatic rings. The molecule has 0 unspecified atom stereocenters. The van der Waals surface area contributed by atoms with Gasteiger partial charge in [-0.2, -0.15) is 21.6 Å². The normalized spacial score (nSPS) is 12.3. The van der Waals surface area contributed by atoms with E-state index in [1.54, 1.807) is 40.5 Å². The Hall–Kier alpha value is -3.03. The zero-order valence-electron chi connectivity index (χ0n) is 21.5. The molecule has 2 heterocycles. The van der Waals surface area contributed by atoms with E-state index in [4.69, 9.17) is 20.8 Å². The lowest BCUT2D eigenvalue weighted by Crippen LogP contribution is -2.30. The highest BCUT2D eigenvalue weighted by Crippen LogP contribution is 2.42. The molecule has 1 N–H and O–H groups in total. The largest absolute Gasteiger partial charge is 0.516 e. The molecule has 0 bridgehead atoms. The number of carbonyl (C=O) groups excluding carboxylic acids is 1. The van der Waals surface area contributed by atoms with Crippen LogP contribution in [0.4, 0.5) is 18.9 Å². The Labute approximate surface area is 241 Å². The Morgan fingerprint density at radius 2 is 1.93 bits per heavy atom. The van der Waals surface area contributed by atoms with Crippen LogP contribution in [0.25, 0.3) is 22.3 Å². The quantitative estimate of drug-likeness (QED) is 0.188. The van der Waals surface area contributed by atoms with E-state index in [1.165, 1.54) is 18.2 Å². The predicted octanol–water partition coefficient (Wildman–Crippen LogP) is 7.40. The molecule has 4 rings (SSSR count). The number of benzene rings is 2. The van der Waals surface area contributed by atoms with Crippen LogP contribution in [0.3, 0.4) is 0 Å². The van der Waals surface area contributed by atoms with Crippen LogP contribution in [0.1, 0.15) is 42.6 Å². The number of rotatable bonds is 9. The summed E-state index contributed by atoms with van der Waals surface area (Å²) < 4.78 is 77.4. The van der Waals surface area contributed by atoms with Gasteiger partial charge in [0.05, 0.1) is 16.8 Å². The number of nitrogens with one attached hydrogen (secondary N) is 1. The van der Waals surface area contributed by atoms with Gasteiger partial charge in [-0.1, -0.05) is 43.6 Å². The molecule has 0 radical (unpaired) electrons. The predicted molar refractivity (Wildman–Crippen MR) is 149 cm³/mol. The number of halogens is 5. The third kappa shape index (κ3) is 6.01. The number of furan rings is 1. The van der Waals surface area contributed by atoms with Gasteiger partial charge >= 0.3 is 21.5 Å². The maximum absolute atomic E-state index is 13.0. The third-order valence-electron chi connectivity index (χ3n) is 5.82. The zero-order chi connectivity index (χ0) is 29.4. The lowest BCUT2D eigenvalue weighted by Gasteiger charge is -2.13. The van der Waals surface area contributed by atoms with Crippen molar-refractivity contribution in [3.05, 3.63) is 69.2 Å². The maximum atomic E-state index is 13.0. The molecule has 4 aromatic rings. The van der Waals surface area contributed by atoms with Crippen LogP contribution in [-0.2, 0) is 27.7 Å². The molecule has 0 aliphatic carbocycles. The summed E-state index contributed by atoms with van der Waals surface area (Å²) in [4.78, 5) is 17.1. The Morgan fingerprint density at radius 3 is 2.58 bits per heavy atom. The number of aromatic nitrogens is 2. The number of fused-ring (bicyclic) bond motifs is 1. The summed E-state index contributed by atoms with van der Waals surface area (Å²) >= 11 is 9.80. The lowest BCUT2D eigenvalue weighted by atomic mass is 10.1. The van der Waals surface area contributed by atoms with Gasteiger partial charge in [-0.25, -0.2) is 9.78 Å². The fourth-order valence-electron chi connectivity index (χ4n) is 4.09. The number of anilines is 1.